The fraction of sp³-hybridized carbons (Fsp3) is 0.100. The molecular formula is C20H15BrN2O4S2. The molecule has 0 aliphatic rings. The Morgan fingerprint density at radius 1 is 1.17 bits per heavy atom. The van der Waals surface area contributed by atoms with E-state index in [1.54, 1.807) is 48.7 Å². The molecule has 0 aliphatic carbocycles. The number of thiazole rings is 1. The Kier molecular flexibility index (Phi) is 5.28. The molecule has 4 aromatic rings. The first-order chi connectivity index (χ1) is 13.8. The molecule has 148 valence electrons. The molecular weight excluding hydrogens is 476 g/mol. The molecule has 0 saturated carbocycles. The number of nitrogens with zero attached hydrogens (tertiary/aromatic N) is 2. The minimum atomic E-state index is -3.33. The number of benzene rings is 2. The molecule has 0 N–H and O–H groups in total. The Labute approximate surface area is 179 Å². The van der Waals surface area contributed by atoms with Gasteiger partial charge in [0.1, 0.15) is 5.76 Å². The van der Waals surface area contributed by atoms with Crippen LogP contribution in [0.4, 0.5) is 5.13 Å². The third-order valence-corrected chi connectivity index (χ3v) is 7.09. The van der Waals surface area contributed by atoms with Crippen LogP contribution < -0.4 is 4.90 Å². The van der Waals surface area contributed by atoms with Gasteiger partial charge in [-0.3, -0.25) is 9.69 Å². The van der Waals surface area contributed by atoms with E-state index >= 15 is 0 Å². The molecule has 4 rings (SSSR count). The Hall–Kier alpha value is -2.49. The van der Waals surface area contributed by atoms with Gasteiger partial charge in [-0.1, -0.05) is 23.5 Å². The van der Waals surface area contributed by atoms with Crippen LogP contribution in [-0.4, -0.2) is 25.6 Å². The molecule has 0 unspecified atom stereocenters. The largest absolute Gasteiger partial charge is 0.467 e. The van der Waals surface area contributed by atoms with Gasteiger partial charge in [-0.2, -0.15) is 0 Å². The van der Waals surface area contributed by atoms with Crippen molar-refractivity contribution in [3.05, 3.63) is 76.7 Å². The van der Waals surface area contributed by atoms with Crippen molar-refractivity contribution in [3.63, 3.8) is 0 Å². The highest BCUT2D eigenvalue weighted by molar-refractivity contribution is 9.10. The molecule has 0 atom stereocenters. The lowest BCUT2D eigenvalue weighted by Gasteiger charge is -2.19. The van der Waals surface area contributed by atoms with Crippen LogP contribution in [0.15, 0.2) is 74.6 Å². The number of halogens is 1. The van der Waals surface area contributed by atoms with Gasteiger partial charge in [0.05, 0.1) is 33.5 Å². The lowest BCUT2D eigenvalue weighted by Crippen LogP contribution is -2.30. The molecule has 6 nitrogen and oxygen atoms in total. The lowest BCUT2D eigenvalue weighted by atomic mass is 10.2. The Morgan fingerprint density at radius 2 is 1.97 bits per heavy atom. The number of furan rings is 1. The predicted molar refractivity (Wildman–Crippen MR) is 116 cm³/mol. The Morgan fingerprint density at radius 3 is 2.66 bits per heavy atom. The van der Waals surface area contributed by atoms with E-state index in [2.05, 4.69) is 20.9 Å². The normalized spacial score (nSPS) is 11.7. The maximum atomic E-state index is 13.3. The van der Waals surface area contributed by atoms with Crippen molar-refractivity contribution in [1.29, 1.82) is 0 Å². The predicted octanol–water partition coefficient (Wildman–Crippen LogP) is 4.90. The molecule has 9 heteroatoms. The molecule has 2 aromatic heterocycles. The van der Waals surface area contributed by atoms with E-state index in [1.807, 2.05) is 6.07 Å². The summed E-state index contributed by atoms with van der Waals surface area (Å²) in [6.45, 7) is 0.200. The third kappa shape index (κ3) is 4.12. The second kappa shape index (κ2) is 7.74. The summed E-state index contributed by atoms with van der Waals surface area (Å²) in [6, 6.07) is 15.5. The van der Waals surface area contributed by atoms with E-state index in [9.17, 15) is 13.2 Å². The van der Waals surface area contributed by atoms with E-state index < -0.39 is 9.84 Å². The summed E-state index contributed by atoms with van der Waals surface area (Å²) in [7, 11) is -3.33. The minimum absolute atomic E-state index is 0.200. The number of anilines is 1. The van der Waals surface area contributed by atoms with Crippen LogP contribution in [0.5, 0.6) is 0 Å². The number of carbonyl (C=O) groups is 1. The van der Waals surface area contributed by atoms with Gasteiger partial charge in [-0.05, 0) is 58.4 Å². The van der Waals surface area contributed by atoms with Gasteiger partial charge in [-0.15, -0.1) is 0 Å². The summed E-state index contributed by atoms with van der Waals surface area (Å²) in [6.07, 6.45) is 2.71. The van der Waals surface area contributed by atoms with Crippen molar-refractivity contribution < 1.29 is 17.6 Å². The van der Waals surface area contributed by atoms with Crippen molar-refractivity contribution in [2.45, 2.75) is 11.4 Å². The van der Waals surface area contributed by atoms with Gasteiger partial charge in [0.15, 0.2) is 15.0 Å². The monoisotopic (exact) mass is 490 g/mol. The highest BCUT2D eigenvalue weighted by Gasteiger charge is 2.24. The van der Waals surface area contributed by atoms with Crippen molar-refractivity contribution in [3.8, 4) is 0 Å². The zero-order chi connectivity index (χ0) is 20.6. The molecule has 0 bridgehead atoms. The molecule has 1 amide bonds. The van der Waals surface area contributed by atoms with E-state index in [4.69, 9.17) is 4.42 Å². The van der Waals surface area contributed by atoms with E-state index in [0.717, 1.165) is 6.26 Å². The van der Waals surface area contributed by atoms with Crippen LogP contribution in [0.25, 0.3) is 10.2 Å². The summed E-state index contributed by atoms with van der Waals surface area (Å²) in [5.74, 6) is 0.373. The average Bonchev–Trinajstić information content (AvgIpc) is 3.34. The fourth-order valence-electron chi connectivity index (χ4n) is 2.80. The Balaban J connectivity index is 1.80. The van der Waals surface area contributed by atoms with Gasteiger partial charge in [0, 0.05) is 10.7 Å². The SMILES string of the molecule is CS(=O)(=O)c1ccc2nc(N(Cc3ccco3)C(=O)c3ccccc3Br)sc2c1. The first-order valence-electron chi connectivity index (χ1n) is 8.52. The topological polar surface area (TPSA) is 80.5 Å². The van der Waals surface area contributed by atoms with E-state index in [0.29, 0.717) is 31.1 Å². The van der Waals surface area contributed by atoms with Crippen LogP contribution in [0.2, 0.25) is 0 Å². The summed E-state index contributed by atoms with van der Waals surface area (Å²) in [5, 5.41) is 0.461. The average molecular weight is 491 g/mol. The van der Waals surface area contributed by atoms with Gasteiger partial charge in [-0.25, -0.2) is 13.4 Å². The van der Waals surface area contributed by atoms with Gasteiger partial charge in [0.2, 0.25) is 0 Å². The number of carbonyl (C=O) groups excluding carboxylic acids is 1. The number of amides is 1. The van der Waals surface area contributed by atoms with Crippen LogP contribution in [-0.2, 0) is 16.4 Å². The standard InChI is InChI=1S/C20H15BrN2O4S2/c1-29(25,26)14-8-9-17-18(11-14)28-20(22-17)23(12-13-5-4-10-27-13)19(24)15-6-2-3-7-16(15)21/h2-11H,12H2,1H3. The zero-order valence-corrected chi connectivity index (χ0v) is 18.4. The summed E-state index contributed by atoms with van der Waals surface area (Å²) in [4.78, 5) is 19.6. The smallest absolute Gasteiger partial charge is 0.261 e. The van der Waals surface area contributed by atoms with Gasteiger partial charge < -0.3 is 4.42 Å². The van der Waals surface area contributed by atoms with Crippen LogP contribution in [0.3, 0.4) is 0 Å². The van der Waals surface area contributed by atoms with Crippen LogP contribution in [0, 0.1) is 0 Å². The number of fused-ring (bicyclic) bond motifs is 1. The van der Waals surface area contributed by atoms with Crippen molar-refractivity contribution in [1.82, 2.24) is 4.98 Å². The zero-order valence-electron chi connectivity index (χ0n) is 15.2. The highest BCUT2D eigenvalue weighted by atomic mass is 79.9. The highest BCUT2D eigenvalue weighted by Crippen LogP contribution is 2.33. The summed E-state index contributed by atoms with van der Waals surface area (Å²) >= 11 is 4.69. The molecule has 0 fully saturated rings. The molecule has 29 heavy (non-hydrogen) atoms. The maximum absolute atomic E-state index is 13.3. The summed E-state index contributed by atoms with van der Waals surface area (Å²) in [5.41, 5.74) is 1.12. The van der Waals surface area contributed by atoms with Crippen molar-refractivity contribution in [2.75, 3.05) is 11.2 Å². The number of hydrogen-bond donors (Lipinski definition) is 0. The molecule has 0 radical (unpaired) electrons. The third-order valence-electron chi connectivity index (χ3n) is 4.25. The first kappa shape index (κ1) is 19.8. The van der Waals surface area contributed by atoms with Crippen LogP contribution in [0.1, 0.15) is 16.1 Å². The quantitative estimate of drug-likeness (QED) is 0.397. The van der Waals surface area contributed by atoms with Gasteiger partial charge >= 0.3 is 0 Å². The first-order valence-corrected chi connectivity index (χ1v) is 12.0. The number of hydrogen-bond acceptors (Lipinski definition) is 6. The second-order valence-electron chi connectivity index (χ2n) is 6.35. The fourth-order valence-corrected chi connectivity index (χ4v) is 4.98. The number of sulfone groups is 1. The Bertz CT molecular complexity index is 1300. The molecule has 2 aromatic carbocycles. The molecule has 2 heterocycles. The van der Waals surface area contributed by atoms with Gasteiger partial charge in [0.25, 0.3) is 5.91 Å². The van der Waals surface area contributed by atoms with E-state index in [1.165, 1.54) is 22.3 Å². The van der Waals surface area contributed by atoms with E-state index in [-0.39, 0.29) is 17.3 Å². The number of rotatable bonds is 5. The molecule has 0 aliphatic heterocycles. The molecule has 0 spiro atoms. The molecule has 0 saturated heterocycles. The van der Waals surface area contributed by atoms with Crippen molar-refractivity contribution >= 4 is 58.4 Å². The second-order valence-corrected chi connectivity index (χ2v) is 10.2. The number of aromatic nitrogens is 1. The lowest BCUT2D eigenvalue weighted by molar-refractivity contribution is 0.0982. The van der Waals surface area contributed by atoms with Crippen LogP contribution >= 0.6 is 27.3 Å². The maximum Gasteiger partial charge on any atom is 0.261 e. The summed E-state index contributed by atoms with van der Waals surface area (Å²) < 4.78 is 30.5. The minimum Gasteiger partial charge on any atom is -0.467 e. The van der Waals surface area contributed by atoms with Crippen molar-refractivity contribution in [2.24, 2.45) is 0 Å².